The molecule has 0 fully saturated rings. The van der Waals surface area contributed by atoms with Crippen LogP contribution < -0.4 is 20.8 Å². The van der Waals surface area contributed by atoms with Crippen molar-refractivity contribution in [3.63, 3.8) is 0 Å². The average molecular weight is 562 g/mol. The molecule has 0 radical (unpaired) electrons. The van der Waals surface area contributed by atoms with E-state index in [1.807, 2.05) is 0 Å². The van der Waals surface area contributed by atoms with Crippen molar-refractivity contribution in [2.24, 2.45) is 0 Å². The van der Waals surface area contributed by atoms with Gasteiger partial charge in [0.2, 0.25) is 0 Å². The van der Waals surface area contributed by atoms with Crippen molar-refractivity contribution in [2.75, 3.05) is 0 Å². The first-order chi connectivity index (χ1) is 16.3. The van der Waals surface area contributed by atoms with E-state index in [0.717, 1.165) is 23.5 Å². The molecule has 176 valence electrons. The molecule has 2 N–H and O–H groups in total. The summed E-state index contributed by atoms with van der Waals surface area (Å²) in [5.74, 6) is -3.38. The number of carbonyl (C=O) groups is 4. The van der Waals surface area contributed by atoms with E-state index >= 15 is 0 Å². The molecule has 0 aromatic heterocycles. The van der Waals surface area contributed by atoms with Gasteiger partial charge in [0.05, 0.1) is 11.9 Å². The molecule has 0 aliphatic carbocycles. The largest absolute Gasteiger partial charge is 2.00 e. The number of amides is 2. The molecule has 0 saturated heterocycles. The summed E-state index contributed by atoms with van der Waals surface area (Å²) in [4.78, 5) is 43.2. The summed E-state index contributed by atoms with van der Waals surface area (Å²) in [7, 11) is 0. The number of nitrogens with one attached hydrogen (secondary N) is 2. The monoisotopic (exact) mass is 560 g/mol. The molecule has 0 bridgehead atoms. The number of carboxylic acids is 2. The van der Waals surface area contributed by atoms with E-state index in [-0.39, 0.29) is 32.3 Å². The van der Waals surface area contributed by atoms with E-state index in [1.165, 1.54) is 0 Å². The van der Waals surface area contributed by atoms with Crippen LogP contribution in [0.15, 0.2) is 83.6 Å². The van der Waals surface area contributed by atoms with Crippen LogP contribution in [0.4, 0.5) is 0 Å². The van der Waals surface area contributed by atoms with Gasteiger partial charge in [-0.2, -0.15) is 0 Å². The van der Waals surface area contributed by atoms with Crippen molar-refractivity contribution in [3.05, 3.63) is 94.8 Å². The van der Waals surface area contributed by atoms with E-state index in [4.69, 9.17) is 0 Å². The molecular formula is C24H20N2O6S2Zn. The fourth-order valence-corrected chi connectivity index (χ4v) is 4.80. The first-order valence-corrected chi connectivity index (χ1v) is 11.9. The molecular weight excluding hydrogens is 542 g/mol. The quantitative estimate of drug-likeness (QED) is 0.499. The van der Waals surface area contributed by atoms with Gasteiger partial charge in [-0.3, -0.25) is 9.59 Å². The smallest absolute Gasteiger partial charge is 0.547 e. The number of benzene rings is 2. The van der Waals surface area contributed by atoms with Gasteiger partial charge >= 0.3 is 19.5 Å². The molecule has 0 saturated carbocycles. The fraction of sp³-hybridized carbons (Fsp3) is 0.167. The van der Waals surface area contributed by atoms with E-state index in [0.29, 0.717) is 11.1 Å². The molecule has 8 nitrogen and oxygen atoms in total. The maximum atomic E-state index is 11.9. The predicted molar refractivity (Wildman–Crippen MR) is 126 cm³/mol. The van der Waals surface area contributed by atoms with Crippen molar-refractivity contribution in [3.8, 4) is 0 Å². The van der Waals surface area contributed by atoms with E-state index in [1.54, 1.807) is 83.6 Å². The van der Waals surface area contributed by atoms with Gasteiger partial charge in [-0.05, 0) is 35.1 Å². The van der Waals surface area contributed by atoms with Gasteiger partial charge in [-0.15, -0.1) is 0 Å². The first kappa shape index (κ1) is 28.4. The molecule has 11 heteroatoms. The Bertz CT molecular complexity index is 1020. The minimum absolute atomic E-state index is 0. The van der Waals surface area contributed by atoms with Gasteiger partial charge in [0.15, 0.2) is 0 Å². The molecule has 2 amide bonds. The van der Waals surface area contributed by atoms with Crippen LogP contribution in [0.25, 0.3) is 0 Å². The molecule has 2 aliphatic rings. The number of hydrogen-bond acceptors (Lipinski definition) is 8. The number of carboxylic acid groups (broad SMARTS) is 2. The maximum Gasteiger partial charge on any atom is 2.00 e. The van der Waals surface area contributed by atoms with Crippen LogP contribution in [-0.4, -0.2) is 33.5 Å². The maximum absolute atomic E-state index is 11.9. The number of rotatable bonds is 6. The number of aliphatic carboxylic acids is 2. The molecule has 4 rings (SSSR count). The normalized spacial score (nSPS) is 21.7. The molecule has 2 heterocycles. The van der Waals surface area contributed by atoms with Crippen LogP contribution in [0, 0.1) is 0 Å². The Hall–Kier alpha value is -2.88. The minimum Gasteiger partial charge on any atom is -0.547 e. The van der Waals surface area contributed by atoms with Crippen molar-refractivity contribution >= 4 is 47.3 Å². The Morgan fingerprint density at radius 2 is 1.00 bits per heavy atom. The van der Waals surface area contributed by atoms with Gasteiger partial charge in [0, 0.05) is 24.0 Å². The summed E-state index contributed by atoms with van der Waals surface area (Å²) in [5.41, 5.74) is 0.862. The van der Waals surface area contributed by atoms with E-state index in [2.05, 4.69) is 10.6 Å². The summed E-state index contributed by atoms with van der Waals surface area (Å²) in [6.45, 7) is 0. The zero-order valence-corrected chi connectivity index (χ0v) is 23.1. The SMILES string of the molecule is O=C(NC1(C(=O)[O-])CC=CS1)c1ccccc1.O=C(NC1(C(=O)[O-])CC=CS1)c1ccccc1.[Zn+2]. The molecule has 2 unspecified atom stereocenters. The van der Waals surface area contributed by atoms with Gasteiger partial charge in [0.1, 0.15) is 9.74 Å². The molecule has 35 heavy (non-hydrogen) atoms. The first-order valence-electron chi connectivity index (χ1n) is 10.1. The summed E-state index contributed by atoms with van der Waals surface area (Å²) >= 11 is 2.09. The second-order valence-electron chi connectivity index (χ2n) is 7.26. The summed E-state index contributed by atoms with van der Waals surface area (Å²) in [6.07, 6.45) is 3.87. The van der Waals surface area contributed by atoms with E-state index in [9.17, 15) is 29.4 Å². The Morgan fingerprint density at radius 3 is 1.26 bits per heavy atom. The minimum atomic E-state index is -1.37. The van der Waals surface area contributed by atoms with Gasteiger partial charge < -0.3 is 30.4 Å². The standard InChI is InChI=1S/2C12H11NO3S.Zn/c2*14-10(9-5-2-1-3-6-9)13-12(11(15)16)7-4-8-17-12;/h2*1-6,8H,7H2,(H,13,14)(H,15,16);/q;;+2/p-2. The Labute approximate surface area is 223 Å². The number of carbonyl (C=O) groups excluding carboxylic acids is 4. The Balaban J connectivity index is 0.000000240. The van der Waals surface area contributed by atoms with Crippen LogP contribution in [-0.2, 0) is 29.1 Å². The predicted octanol–water partition coefficient (Wildman–Crippen LogP) is 1.02. The topological polar surface area (TPSA) is 138 Å². The fourth-order valence-electron chi connectivity index (χ4n) is 3.07. The van der Waals surface area contributed by atoms with Crippen LogP contribution in [0.3, 0.4) is 0 Å². The third-order valence-corrected chi connectivity index (χ3v) is 7.24. The van der Waals surface area contributed by atoms with Gasteiger partial charge in [0.25, 0.3) is 11.8 Å². The van der Waals surface area contributed by atoms with Crippen molar-refractivity contribution < 1.29 is 48.9 Å². The summed E-state index contributed by atoms with van der Waals surface area (Å²) in [5, 5.41) is 30.5. The molecule has 2 atom stereocenters. The molecule has 0 spiro atoms. The van der Waals surface area contributed by atoms with Crippen LogP contribution in [0.2, 0.25) is 0 Å². The molecule has 2 aliphatic heterocycles. The van der Waals surface area contributed by atoms with Crippen molar-refractivity contribution in [2.45, 2.75) is 22.6 Å². The Morgan fingerprint density at radius 1 is 0.657 bits per heavy atom. The van der Waals surface area contributed by atoms with Crippen molar-refractivity contribution in [1.29, 1.82) is 0 Å². The van der Waals surface area contributed by atoms with E-state index < -0.39 is 33.5 Å². The third kappa shape index (κ3) is 7.07. The van der Waals surface area contributed by atoms with Crippen LogP contribution in [0.1, 0.15) is 33.6 Å². The summed E-state index contributed by atoms with van der Waals surface area (Å²) < 4.78 is 0. The zero-order chi connectivity index (χ0) is 24.6. The number of hydrogen-bond donors (Lipinski definition) is 2. The van der Waals surface area contributed by atoms with Crippen LogP contribution in [0.5, 0.6) is 0 Å². The molecule has 2 aromatic rings. The van der Waals surface area contributed by atoms with Gasteiger partial charge in [-0.1, -0.05) is 72.1 Å². The second-order valence-corrected chi connectivity index (χ2v) is 9.67. The Kier molecular flexibility index (Phi) is 10.3. The second kappa shape index (κ2) is 12.7. The third-order valence-electron chi connectivity index (χ3n) is 4.90. The van der Waals surface area contributed by atoms with Crippen LogP contribution >= 0.6 is 23.5 Å². The number of thioether (sulfide) groups is 2. The molecule has 2 aromatic carbocycles. The zero-order valence-electron chi connectivity index (χ0n) is 18.5. The summed E-state index contributed by atoms with van der Waals surface area (Å²) in [6, 6.07) is 17.0. The average Bonchev–Trinajstić information content (AvgIpc) is 3.52. The van der Waals surface area contributed by atoms with Gasteiger partial charge in [-0.25, -0.2) is 0 Å². The van der Waals surface area contributed by atoms with Crippen molar-refractivity contribution in [1.82, 2.24) is 10.6 Å².